The van der Waals surface area contributed by atoms with Gasteiger partial charge in [-0.1, -0.05) is 31.2 Å². The number of hydrogen-bond acceptors (Lipinski definition) is 5. The van der Waals surface area contributed by atoms with Crippen LogP contribution >= 0.6 is 0 Å². The average Bonchev–Trinajstić information content (AvgIpc) is 3.34. The highest BCUT2D eigenvalue weighted by molar-refractivity contribution is 5.65. The number of benzene rings is 1. The zero-order valence-corrected chi connectivity index (χ0v) is 14.3. The van der Waals surface area contributed by atoms with Crippen molar-refractivity contribution in [3.63, 3.8) is 0 Å². The third-order valence-electron chi connectivity index (χ3n) is 3.65. The number of nitrogens with one attached hydrogen (secondary N) is 2. The van der Waals surface area contributed by atoms with Gasteiger partial charge < -0.3 is 14.5 Å². The van der Waals surface area contributed by atoms with Crippen LogP contribution in [0.25, 0.3) is 0 Å². The van der Waals surface area contributed by atoms with Crippen LogP contribution in [0.4, 0.5) is 0 Å². The van der Waals surface area contributed by atoms with Crippen molar-refractivity contribution >= 4 is 5.97 Å². The molecule has 1 aromatic carbocycles. The molecule has 0 radical (unpaired) electrons. The molecular weight excluding hydrogens is 324 g/mol. The van der Waals surface area contributed by atoms with Gasteiger partial charge in [-0.05, 0) is 17.5 Å². The Balaban J connectivity index is 0.000000261. The summed E-state index contributed by atoms with van der Waals surface area (Å²) in [5.74, 6) is -0.522. The van der Waals surface area contributed by atoms with Gasteiger partial charge in [0, 0.05) is 24.6 Å². The molecule has 1 aromatic heterocycles. The molecule has 1 unspecified atom stereocenters. The van der Waals surface area contributed by atoms with E-state index in [4.69, 9.17) is 4.74 Å². The normalized spacial score (nSPS) is 12.4. The van der Waals surface area contributed by atoms with Crippen molar-refractivity contribution in [2.45, 2.75) is 26.2 Å². The largest absolute Gasteiger partial charge is 0.463 e. The van der Waals surface area contributed by atoms with E-state index in [2.05, 4.69) is 39.0 Å². The molecular formula is C18H22N2O5. The Morgan fingerprint density at radius 3 is 2.44 bits per heavy atom. The number of ether oxygens (including phenoxy) is 2. The highest BCUT2D eigenvalue weighted by Gasteiger charge is 2.12. The number of aromatic nitrogens is 2. The SMILES string of the molecule is CC(=O)OCCOCC(C)c1c[nH]c(=O)[nH]c1=O.c1ccc2c(c1)C2. The van der Waals surface area contributed by atoms with Gasteiger partial charge in [0.2, 0.25) is 0 Å². The number of esters is 1. The Morgan fingerprint density at radius 1 is 1.20 bits per heavy atom. The van der Waals surface area contributed by atoms with Crippen molar-refractivity contribution < 1.29 is 14.3 Å². The first-order valence-corrected chi connectivity index (χ1v) is 8.07. The smallest absolute Gasteiger partial charge is 0.325 e. The van der Waals surface area contributed by atoms with Gasteiger partial charge in [-0.3, -0.25) is 14.6 Å². The maximum absolute atomic E-state index is 11.5. The van der Waals surface area contributed by atoms with E-state index in [-0.39, 0.29) is 25.1 Å². The lowest BCUT2D eigenvalue weighted by Gasteiger charge is -2.11. The molecule has 0 saturated heterocycles. The zero-order valence-electron chi connectivity index (χ0n) is 14.3. The van der Waals surface area contributed by atoms with E-state index in [0.29, 0.717) is 12.2 Å². The minimum Gasteiger partial charge on any atom is -0.463 e. The van der Waals surface area contributed by atoms with Gasteiger partial charge >= 0.3 is 11.7 Å². The van der Waals surface area contributed by atoms with Gasteiger partial charge in [-0.15, -0.1) is 0 Å². The molecule has 0 amide bonds. The fraction of sp³-hybridized carbons (Fsp3) is 0.389. The van der Waals surface area contributed by atoms with Gasteiger partial charge in [0.15, 0.2) is 0 Å². The summed E-state index contributed by atoms with van der Waals surface area (Å²) in [5.41, 5.74) is 2.55. The van der Waals surface area contributed by atoms with E-state index in [0.717, 1.165) is 0 Å². The minimum atomic E-state index is -0.535. The summed E-state index contributed by atoms with van der Waals surface area (Å²) in [6.45, 7) is 3.88. The standard InChI is InChI=1S/C11H16N2O5.C7H6/c1-7(6-17-3-4-18-8(2)14)9-5-12-11(16)13-10(9)15;1-2-4-7-5-6(7)3-1/h5,7H,3-4,6H2,1-2H3,(H2,12,13,15,16);1-4H,5H2. The molecule has 7 nitrogen and oxygen atoms in total. The van der Waals surface area contributed by atoms with Crippen LogP contribution in [0.1, 0.15) is 36.5 Å². The second-order valence-electron chi connectivity index (χ2n) is 5.79. The second-order valence-corrected chi connectivity index (χ2v) is 5.79. The molecule has 2 aromatic rings. The molecule has 0 spiro atoms. The maximum Gasteiger partial charge on any atom is 0.325 e. The Bertz CT molecular complexity index is 803. The second kappa shape index (κ2) is 8.98. The van der Waals surface area contributed by atoms with E-state index >= 15 is 0 Å². The lowest BCUT2D eigenvalue weighted by Crippen LogP contribution is -2.27. The molecule has 1 aliphatic rings. The Hall–Kier alpha value is -2.67. The number of H-pyrrole nitrogens is 2. The third kappa shape index (κ3) is 6.39. The van der Waals surface area contributed by atoms with Gasteiger partial charge in [0.25, 0.3) is 5.56 Å². The molecule has 3 rings (SSSR count). The van der Waals surface area contributed by atoms with Crippen molar-refractivity contribution in [3.8, 4) is 0 Å². The number of rotatable bonds is 6. The van der Waals surface area contributed by atoms with E-state index < -0.39 is 11.2 Å². The fourth-order valence-corrected chi connectivity index (χ4v) is 2.22. The summed E-state index contributed by atoms with van der Waals surface area (Å²) in [6, 6.07) is 8.53. The lowest BCUT2D eigenvalue weighted by atomic mass is 10.1. The Kier molecular flexibility index (Phi) is 6.71. The van der Waals surface area contributed by atoms with E-state index in [1.54, 1.807) is 6.92 Å². The molecule has 2 N–H and O–H groups in total. The van der Waals surface area contributed by atoms with Crippen LogP contribution < -0.4 is 11.2 Å². The molecule has 134 valence electrons. The number of carbonyl (C=O) groups excluding carboxylic acids is 1. The quantitative estimate of drug-likeness (QED) is 0.518. The van der Waals surface area contributed by atoms with Crippen molar-refractivity contribution in [1.29, 1.82) is 0 Å². The zero-order chi connectivity index (χ0) is 18.2. The van der Waals surface area contributed by atoms with Crippen molar-refractivity contribution in [2.75, 3.05) is 19.8 Å². The van der Waals surface area contributed by atoms with E-state index in [1.165, 1.54) is 30.7 Å². The van der Waals surface area contributed by atoms with Gasteiger partial charge in [-0.2, -0.15) is 0 Å². The number of hydrogen-bond donors (Lipinski definition) is 2. The predicted octanol–water partition coefficient (Wildman–Crippen LogP) is 1.34. The summed E-state index contributed by atoms with van der Waals surface area (Å²) in [5, 5.41) is 0. The number of fused-ring (bicyclic) bond motifs is 1. The van der Waals surface area contributed by atoms with Crippen LogP contribution in [0.2, 0.25) is 0 Å². The molecule has 25 heavy (non-hydrogen) atoms. The average molecular weight is 346 g/mol. The lowest BCUT2D eigenvalue weighted by molar-refractivity contribution is -0.142. The summed E-state index contributed by atoms with van der Waals surface area (Å²) in [7, 11) is 0. The molecule has 0 aliphatic heterocycles. The highest BCUT2D eigenvalue weighted by atomic mass is 16.6. The van der Waals surface area contributed by atoms with Crippen molar-refractivity contribution in [3.05, 3.63) is 68.0 Å². The minimum absolute atomic E-state index is 0.164. The molecule has 7 heteroatoms. The van der Waals surface area contributed by atoms with Gasteiger partial charge in [0.1, 0.15) is 6.61 Å². The van der Waals surface area contributed by atoms with Gasteiger partial charge in [-0.25, -0.2) is 4.79 Å². The topological polar surface area (TPSA) is 101 Å². The highest BCUT2D eigenvalue weighted by Crippen LogP contribution is 2.25. The monoisotopic (exact) mass is 346 g/mol. The molecule has 1 heterocycles. The van der Waals surface area contributed by atoms with Crippen LogP contribution in [-0.4, -0.2) is 35.8 Å². The summed E-state index contributed by atoms with van der Waals surface area (Å²) >= 11 is 0. The van der Waals surface area contributed by atoms with Crippen molar-refractivity contribution in [1.82, 2.24) is 9.97 Å². The van der Waals surface area contributed by atoms with Crippen molar-refractivity contribution in [2.24, 2.45) is 0 Å². The van der Waals surface area contributed by atoms with Gasteiger partial charge in [0.05, 0.1) is 13.2 Å². The Labute approximate surface area is 145 Å². The number of carbonyl (C=O) groups is 1. The third-order valence-corrected chi connectivity index (χ3v) is 3.65. The van der Waals surface area contributed by atoms with Crippen LogP contribution in [0.3, 0.4) is 0 Å². The molecule has 0 saturated carbocycles. The van der Waals surface area contributed by atoms with Crippen LogP contribution in [0.15, 0.2) is 40.1 Å². The molecule has 0 bridgehead atoms. The molecule has 1 atom stereocenters. The first kappa shape index (κ1) is 18.7. The van der Waals surface area contributed by atoms with Crippen LogP contribution in [-0.2, 0) is 20.7 Å². The summed E-state index contributed by atoms with van der Waals surface area (Å²) in [6.07, 6.45) is 2.62. The summed E-state index contributed by atoms with van der Waals surface area (Å²) in [4.78, 5) is 37.3. The Morgan fingerprint density at radius 2 is 1.88 bits per heavy atom. The van der Waals surface area contributed by atoms with Crippen LogP contribution in [0, 0.1) is 0 Å². The maximum atomic E-state index is 11.5. The predicted molar refractivity (Wildman–Crippen MR) is 92.8 cm³/mol. The fourth-order valence-electron chi connectivity index (χ4n) is 2.22. The van der Waals surface area contributed by atoms with E-state index in [1.807, 2.05) is 0 Å². The summed E-state index contributed by atoms with van der Waals surface area (Å²) < 4.78 is 9.95. The van der Waals surface area contributed by atoms with Crippen LogP contribution in [0.5, 0.6) is 0 Å². The first-order valence-electron chi connectivity index (χ1n) is 8.07. The molecule has 0 fully saturated rings. The van der Waals surface area contributed by atoms with E-state index in [9.17, 15) is 14.4 Å². The number of aromatic amines is 2. The molecule has 1 aliphatic carbocycles. The first-order chi connectivity index (χ1) is 12.0.